The van der Waals surface area contributed by atoms with E-state index < -0.39 is 11.9 Å². The molecular weight excluding hydrogens is 448 g/mol. The Morgan fingerprint density at radius 1 is 1.03 bits per heavy atom. The molecule has 0 aliphatic carbocycles. The maximum absolute atomic E-state index is 12.8. The van der Waals surface area contributed by atoms with Crippen LogP contribution in [0.4, 0.5) is 5.69 Å². The first kappa shape index (κ1) is 23.4. The van der Waals surface area contributed by atoms with Crippen LogP contribution in [0.25, 0.3) is 6.08 Å². The number of methoxy groups -OCH3 is 1. The maximum atomic E-state index is 12.8. The lowest BCUT2D eigenvalue weighted by atomic mass is 10.1. The van der Waals surface area contributed by atoms with E-state index in [2.05, 4.69) is 5.32 Å². The van der Waals surface area contributed by atoms with E-state index in [1.807, 2.05) is 6.07 Å². The fraction of sp³-hybridized carbons (Fsp3) is 0.148. The number of nitrogens with one attached hydrogen (secondary N) is 1. The Morgan fingerprint density at radius 3 is 2.51 bits per heavy atom. The molecule has 0 fully saturated rings. The van der Waals surface area contributed by atoms with Gasteiger partial charge in [0.2, 0.25) is 0 Å². The first-order chi connectivity index (χ1) is 17.1. The summed E-state index contributed by atoms with van der Waals surface area (Å²) in [7, 11) is 1.33. The molecule has 0 atom stereocenters. The number of nitrogens with zero attached hydrogens (tertiary/aromatic N) is 1. The molecular formula is C27H22N2O6. The molecule has 4 rings (SSSR count). The third kappa shape index (κ3) is 5.78. The van der Waals surface area contributed by atoms with Gasteiger partial charge in [-0.05, 0) is 42.0 Å². The molecule has 1 amide bonds. The van der Waals surface area contributed by atoms with Crippen molar-refractivity contribution >= 4 is 23.6 Å². The number of carbonyl (C=O) groups is 2. The highest BCUT2D eigenvalue weighted by molar-refractivity contribution is 6.10. The van der Waals surface area contributed by atoms with Crippen molar-refractivity contribution < 1.29 is 28.5 Å². The molecule has 1 aliphatic heterocycles. The van der Waals surface area contributed by atoms with E-state index in [1.54, 1.807) is 66.7 Å². The van der Waals surface area contributed by atoms with Gasteiger partial charge in [0.15, 0.2) is 11.5 Å². The quantitative estimate of drug-likeness (QED) is 0.310. The number of carbonyl (C=O) groups excluding carboxylic acids is 2. The van der Waals surface area contributed by atoms with Gasteiger partial charge in [-0.3, -0.25) is 4.79 Å². The number of para-hydroxylation sites is 1. The minimum absolute atomic E-state index is 0.0848. The fourth-order valence-corrected chi connectivity index (χ4v) is 3.37. The van der Waals surface area contributed by atoms with Crippen molar-refractivity contribution in [3.63, 3.8) is 0 Å². The average Bonchev–Trinajstić information content (AvgIpc) is 2.90. The molecule has 8 heteroatoms. The number of rotatable bonds is 7. The van der Waals surface area contributed by atoms with Crippen molar-refractivity contribution in [2.24, 2.45) is 0 Å². The molecule has 1 aliphatic rings. The number of ether oxygens (including phenoxy) is 4. The van der Waals surface area contributed by atoms with Crippen molar-refractivity contribution in [2.75, 3.05) is 25.6 Å². The lowest BCUT2D eigenvalue weighted by Crippen LogP contribution is -2.17. The lowest BCUT2D eigenvalue weighted by molar-refractivity contribution is -0.112. The Morgan fingerprint density at radius 2 is 1.77 bits per heavy atom. The Balaban J connectivity index is 1.46. The number of nitriles is 1. The zero-order valence-corrected chi connectivity index (χ0v) is 18.9. The molecule has 0 saturated carbocycles. The van der Waals surface area contributed by atoms with Crippen LogP contribution < -0.4 is 19.5 Å². The van der Waals surface area contributed by atoms with E-state index in [0.717, 1.165) is 5.56 Å². The zero-order valence-electron chi connectivity index (χ0n) is 18.9. The summed E-state index contributed by atoms with van der Waals surface area (Å²) in [5.74, 6) is 0.680. The summed E-state index contributed by atoms with van der Waals surface area (Å²) in [6, 6.07) is 21.0. The van der Waals surface area contributed by atoms with Crippen LogP contribution in [0.15, 0.2) is 72.3 Å². The van der Waals surface area contributed by atoms with E-state index in [0.29, 0.717) is 47.3 Å². The van der Waals surface area contributed by atoms with E-state index in [9.17, 15) is 14.9 Å². The second-order valence-corrected chi connectivity index (χ2v) is 7.50. The molecule has 1 heterocycles. The largest absolute Gasteiger partial charge is 0.488 e. The van der Waals surface area contributed by atoms with Gasteiger partial charge in [0.05, 0.1) is 12.7 Å². The smallest absolute Gasteiger partial charge is 0.337 e. The van der Waals surface area contributed by atoms with Crippen LogP contribution in [-0.4, -0.2) is 32.2 Å². The van der Waals surface area contributed by atoms with Gasteiger partial charge in [-0.25, -0.2) is 4.79 Å². The Hall–Kier alpha value is -4.77. The van der Waals surface area contributed by atoms with Crippen molar-refractivity contribution in [3.05, 3.63) is 89.0 Å². The number of amides is 1. The molecule has 0 unspecified atom stereocenters. The summed E-state index contributed by atoms with van der Waals surface area (Å²) in [6.45, 7) is 1.14. The first-order valence-electron chi connectivity index (χ1n) is 10.8. The molecule has 0 bridgehead atoms. The molecule has 176 valence electrons. The van der Waals surface area contributed by atoms with Crippen molar-refractivity contribution in [1.82, 2.24) is 0 Å². The van der Waals surface area contributed by atoms with Crippen LogP contribution in [0.5, 0.6) is 17.2 Å². The summed E-state index contributed by atoms with van der Waals surface area (Å²) < 4.78 is 21.6. The fourth-order valence-electron chi connectivity index (χ4n) is 3.37. The average molecular weight is 470 g/mol. The van der Waals surface area contributed by atoms with Crippen LogP contribution in [0.3, 0.4) is 0 Å². The molecule has 0 spiro atoms. The van der Waals surface area contributed by atoms with Crippen LogP contribution in [-0.2, 0) is 16.1 Å². The molecule has 1 N–H and O–H groups in total. The maximum Gasteiger partial charge on any atom is 0.337 e. The number of hydrogen-bond acceptors (Lipinski definition) is 7. The molecule has 0 saturated heterocycles. The number of esters is 1. The lowest BCUT2D eigenvalue weighted by Gasteiger charge is -2.19. The van der Waals surface area contributed by atoms with Crippen LogP contribution in [0.1, 0.15) is 21.5 Å². The third-order valence-corrected chi connectivity index (χ3v) is 5.15. The predicted molar refractivity (Wildman–Crippen MR) is 128 cm³/mol. The summed E-state index contributed by atoms with van der Waals surface area (Å²) >= 11 is 0. The van der Waals surface area contributed by atoms with Crippen LogP contribution >= 0.6 is 0 Å². The van der Waals surface area contributed by atoms with Crippen molar-refractivity contribution in [1.29, 1.82) is 5.26 Å². The second kappa shape index (κ2) is 10.9. The second-order valence-electron chi connectivity index (χ2n) is 7.50. The highest BCUT2D eigenvalue weighted by Crippen LogP contribution is 2.32. The number of fused-ring (bicyclic) bond motifs is 1. The highest BCUT2D eigenvalue weighted by Gasteiger charge is 2.15. The van der Waals surface area contributed by atoms with Crippen molar-refractivity contribution in [2.45, 2.75) is 6.61 Å². The predicted octanol–water partition coefficient (Wildman–Crippen LogP) is 4.37. The monoisotopic (exact) mass is 470 g/mol. The van der Waals surface area contributed by atoms with E-state index in [-0.39, 0.29) is 12.2 Å². The third-order valence-electron chi connectivity index (χ3n) is 5.15. The molecule has 3 aromatic carbocycles. The summed E-state index contributed by atoms with van der Waals surface area (Å²) in [5, 5.41) is 12.3. The van der Waals surface area contributed by atoms with E-state index in [4.69, 9.17) is 18.9 Å². The van der Waals surface area contributed by atoms with Crippen LogP contribution in [0, 0.1) is 11.3 Å². The van der Waals surface area contributed by atoms with Crippen LogP contribution in [0.2, 0.25) is 0 Å². The van der Waals surface area contributed by atoms with Gasteiger partial charge in [-0.1, -0.05) is 30.3 Å². The zero-order chi connectivity index (χ0) is 24.6. The topological polar surface area (TPSA) is 107 Å². The van der Waals surface area contributed by atoms with Crippen molar-refractivity contribution in [3.8, 4) is 23.3 Å². The van der Waals surface area contributed by atoms with Gasteiger partial charge in [0.1, 0.15) is 37.2 Å². The van der Waals surface area contributed by atoms with Gasteiger partial charge in [0, 0.05) is 17.3 Å². The summed E-state index contributed by atoms with van der Waals surface area (Å²) in [5.41, 5.74) is 2.27. The molecule has 35 heavy (non-hydrogen) atoms. The molecule has 3 aromatic rings. The Kier molecular flexibility index (Phi) is 7.28. The normalized spacial score (nSPS) is 12.3. The van der Waals surface area contributed by atoms with Gasteiger partial charge < -0.3 is 24.3 Å². The minimum Gasteiger partial charge on any atom is -0.488 e. The molecule has 8 nitrogen and oxygen atoms in total. The van der Waals surface area contributed by atoms with E-state index >= 15 is 0 Å². The highest BCUT2D eigenvalue weighted by atomic mass is 16.6. The summed E-state index contributed by atoms with van der Waals surface area (Å²) in [6.07, 6.45) is 1.48. The molecule has 0 aromatic heterocycles. The Bertz CT molecular complexity index is 1310. The minimum atomic E-state index is -0.558. The van der Waals surface area contributed by atoms with Gasteiger partial charge in [0.25, 0.3) is 5.91 Å². The first-order valence-corrected chi connectivity index (χ1v) is 10.8. The number of anilines is 1. The Labute approximate surface area is 202 Å². The van der Waals surface area contributed by atoms with Gasteiger partial charge in [-0.15, -0.1) is 0 Å². The van der Waals surface area contributed by atoms with Gasteiger partial charge in [-0.2, -0.15) is 5.26 Å². The van der Waals surface area contributed by atoms with E-state index in [1.165, 1.54) is 13.2 Å². The molecule has 0 radical (unpaired) electrons. The summed E-state index contributed by atoms with van der Waals surface area (Å²) in [4.78, 5) is 24.3. The number of benzene rings is 3. The SMILES string of the molecule is COC(=O)c1ccc(COc2ccccc2/C=C(\C#N)C(=O)Nc2ccc3c(c2)OCCO3)cc1. The standard InChI is InChI=1S/C27H22N2O6/c1-32-27(31)19-8-6-18(7-9-19)17-35-23-5-3-2-4-20(23)14-21(16-28)26(30)29-22-10-11-24-25(15-22)34-13-12-33-24/h2-11,14-15H,12-13,17H2,1H3,(H,29,30)/b21-14+. The number of hydrogen-bond donors (Lipinski definition) is 1. The van der Waals surface area contributed by atoms with Gasteiger partial charge >= 0.3 is 5.97 Å².